The average molecular weight is 413 g/mol. The van der Waals surface area contributed by atoms with Crippen molar-refractivity contribution >= 4 is 23.6 Å². The summed E-state index contributed by atoms with van der Waals surface area (Å²) in [4.78, 5) is 28.8. The van der Waals surface area contributed by atoms with Crippen molar-refractivity contribution in [3.8, 4) is 0 Å². The summed E-state index contributed by atoms with van der Waals surface area (Å²) in [5.41, 5.74) is 2.21. The van der Waals surface area contributed by atoms with Crippen LogP contribution < -0.4 is 5.32 Å². The molecule has 29 heavy (non-hydrogen) atoms. The maximum Gasteiger partial charge on any atom is 0.242 e. The Kier molecular flexibility index (Phi) is 9.26. The highest BCUT2D eigenvalue weighted by molar-refractivity contribution is 8.00. The SMILES string of the molecule is CC[C@H](C(=O)NCC(C)C)N(Cc1ccc(C)cc1)C(=O)CSc1ccccc1. The van der Waals surface area contributed by atoms with E-state index in [1.165, 1.54) is 17.3 Å². The van der Waals surface area contributed by atoms with E-state index in [0.717, 1.165) is 10.5 Å². The highest BCUT2D eigenvalue weighted by Gasteiger charge is 2.28. The van der Waals surface area contributed by atoms with Crippen LogP contribution in [0.1, 0.15) is 38.3 Å². The Hall–Kier alpha value is -2.27. The molecule has 2 aromatic carbocycles. The van der Waals surface area contributed by atoms with E-state index >= 15 is 0 Å². The van der Waals surface area contributed by atoms with Crippen molar-refractivity contribution in [1.29, 1.82) is 0 Å². The Morgan fingerprint density at radius 3 is 2.28 bits per heavy atom. The van der Waals surface area contributed by atoms with Gasteiger partial charge in [0.15, 0.2) is 0 Å². The van der Waals surface area contributed by atoms with E-state index in [9.17, 15) is 9.59 Å². The molecule has 1 N–H and O–H groups in total. The first-order valence-corrected chi connectivity index (χ1v) is 11.2. The Morgan fingerprint density at radius 2 is 1.69 bits per heavy atom. The number of benzene rings is 2. The van der Waals surface area contributed by atoms with Crippen molar-refractivity contribution in [1.82, 2.24) is 10.2 Å². The smallest absolute Gasteiger partial charge is 0.242 e. The average Bonchev–Trinajstić information content (AvgIpc) is 2.72. The molecule has 0 spiro atoms. The third-order valence-corrected chi connectivity index (χ3v) is 5.65. The molecule has 0 saturated carbocycles. The van der Waals surface area contributed by atoms with Crippen molar-refractivity contribution in [2.75, 3.05) is 12.3 Å². The van der Waals surface area contributed by atoms with E-state index < -0.39 is 6.04 Å². The second kappa shape index (κ2) is 11.7. The van der Waals surface area contributed by atoms with E-state index in [1.807, 2.05) is 68.4 Å². The number of rotatable bonds is 10. The van der Waals surface area contributed by atoms with Crippen LogP contribution in [0.25, 0.3) is 0 Å². The summed E-state index contributed by atoms with van der Waals surface area (Å²) in [6.45, 7) is 9.17. The lowest BCUT2D eigenvalue weighted by molar-refractivity contribution is -0.139. The molecule has 0 aliphatic carbocycles. The maximum absolute atomic E-state index is 13.2. The van der Waals surface area contributed by atoms with Crippen LogP contribution in [-0.4, -0.2) is 35.1 Å². The topological polar surface area (TPSA) is 49.4 Å². The zero-order valence-electron chi connectivity index (χ0n) is 17.9. The minimum Gasteiger partial charge on any atom is -0.354 e. The summed E-state index contributed by atoms with van der Waals surface area (Å²) in [5.74, 6) is 0.577. The number of carbonyl (C=O) groups excluding carboxylic acids is 2. The number of carbonyl (C=O) groups is 2. The number of aryl methyl sites for hydroxylation is 1. The lowest BCUT2D eigenvalue weighted by atomic mass is 10.1. The van der Waals surface area contributed by atoms with Gasteiger partial charge in [-0.15, -0.1) is 11.8 Å². The molecular formula is C24H32N2O2S. The Morgan fingerprint density at radius 1 is 1.03 bits per heavy atom. The van der Waals surface area contributed by atoms with E-state index in [4.69, 9.17) is 0 Å². The van der Waals surface area contributed by atoms with Gasteiger partial charge in [0.05, 0.1) is 5.75 Å². The van der Waals surface area contributed by atoms with E-state index in [-0.39, 0.29) is 11.8 Å². The zero-order valence-corrected chi connectivity index (χ0v) is 18.7. The summed E-state index contributed by atoms with van der Waals surface area (Å²) < 4.78 is 0. The van der Waals surface area contributed by atoms with Crippen LogP contribution in [-0.2, 0) is 16.1 Å². The molecule has 4 nitrogen and oxygen atoms in total. The van der Waals surface area contributed by atoms with Gasteiger partial charge in [0, 0.05) is 18.0 Å². The highest BCUT2D eigenvalue weighted by atomic mass is 32.2. The molecule has 0 aliphatic heterocycles. The molecule has 0 aliphatic rings. The van der Waals surface area contributed by atoms with Gasteiger partial charge in [0.1, 0.15) is 6.04 Å². The quantitative estimate of drug-likeness (QED) is 0.577. The number of nitrogens with one attached hydrogen (secondary N) is 1. The zero-order chi connectivity index (χ0) is 21.2. The van der Waals surface area contributed by atoms with Gasteiger partial charge in [-0.05, 0) is 37.0 Å². The molecule has 2 amide bonds. The van der Waals surface area contributed by atoms with Crippen LogP contribution in [0.3, 0.4) is 0 Å². The van der Waals surface area contributed by atoms with Crippen molar-refractivity contribution in [2.45, 2.75) is 51.6 Å². The minimum atomic E-state index is -0.473. The summed E-state index contributed by atoms with van der Waals surface area (Å²) in [6.07, 6.45) is 0.581. The van der Waals surface area contributed by atoms with Crippen LogP contribution in [0.5, 0.6) is 0 Å². The lowest BCUT2D eigenvalue weighted by Crippen LogP contribution is -2.50. The molecule has 5 heteroatoms. The molecule has 0 radical (unpaired) electrons. The largest absolute Gasteiger partial charge is 0.354 e. The van der Waals surface area contributed by atoms with Crippen LogP contribution in [0, 0.1) is 12.8 Å². The first-order chi connectivity index (χ1) is 13.9. The number of hydrogen-bond acceptors (Lipinski definition) is 3. The van der Waals surface area contributed by atoms with E-state index in [0.29, 0.717) is 31.2 Å². The minimum absolute atomic E-state index is 0.0222. The van der Waals surface area contributed by atoms with Gasteiger partial charge in [-0.25, -0.2) is 0 Å². The fourth-order valence-electron chi connectivity index (χ4n) is 2.98. The van der Waals surface area contributed by atoms with Gasteiger partial charge in [-0.3, -0.25) is 9.59 Å². The van der Waals surface area contributed by atoms with Gasteiger partial charge >= 0.3 is 0 Å². The fourth-order valence-corrected chi connectivity index (χ4v) is 3.78. The molecule has 2 aromatic rings. The van der Waals surface area contributed by atoms with Gasteiger partial charge in [-0.1, -0.05) is 68.8 Å². The van der Waals surface area contributed by atoms with Crippen molar-refractivity contribution < 1.29 is 9.59 Å². The number of nitrogens with zero attached hydrogens (tertiary/aromatic N) is 1. The molecule has 0 heterocycles. The molecule has 0 saturated heterocycles. The molecule has 0 aromatic heterocycles. The molecule has 156 valence electrons. The van der Waals surface area contributed by atoms with Crippen molar-refractivity contribution in [3.05, 3.63) is 65.7 Å². The van der Waals surface area contributed by atoms with Crippen molar-refractivity contribution in [2.24, 2.45) is 5.92 Å². The van der Waals surface area contributed by atoms with Gasteiger partial charge < -0.3 is 10.2 Å². The fraction of sp³-hybridized carbons (Fsp3) is 0.417. The summed E-state index contributed by atoms with van der Waals surface area (Å²) in [7, 11) is 0. The Labute approximate surface area is 179 Å². The first kappa shape index (κ1) is 23.0. The first-order valence-electron chi connectivity index (χ1n) is 10.2. The van der Waals surface area contributed by atoms with Crippen LogP contribution in [0.4, 0.5) is 0 Å². The van der Waals surface area contributed by atoms with E-state index in [2.05, 4.69) is 19.2 Å². The summed E-state index contributed by atoms with van der Waals surface area (Å²) in [6, 6.07) is 17.5. The molecular weight excluding hydrogens is 380 g/mol. The summed E-state index contributed by atoms with van der Waals surface area (Å²) >= 11 is 1.50. The monoisotopic (exact) mass is 412 g/mol. The Balaban J connectivity index is 2.16. The predicted molar refractivity (Wildman–Crippen MR) is 121 cm³/mol. The standard InChI is InChI=1S/C24H32N2O2S/c1-5-22(24(28)25-15-18(2)3)26(16-20-13-11-19(4)12-14-20)23(27)17-29-21-9-7-6-8-10-21/h6-14,18,22H,5,15-17H2,1-4H3,(H,25,28)/t22-/m1/s1. The van der Waals surface area contributed by atoms with Gasteiger partial charge in [0.2, 0.25) is 11.8 Å². The number of thioether (sulfide) groups is 1. The van der Waals surface area contributed by atoms with Gasteiger partial charge in [-0.2, -0.15) is 0 Å². The molecule has 1 atom stereocenters. The second-order valence-electron chi connectivity index (χ2n) is 7.67. The molecule has 0 bridgehead atoms. The van der Waals surface area contributed by atoms with Crippen LogP contribution in [0.15, 0.2) is 59.5 Å². The van der Waals surface area contributed by atoms with Crippen LogP contribution in [0.2, 0.25) is 0 Å². The third kappa shape index (κ3) is 7.58. The predicted octanol–water partition coefficient (Wildman–Crippen LogP) is 4.67. The summed E-state index contributed by atoms with van der Waals surface area (Å²) in [5, 5.41) is 3.00. The normalized spacial score (nSPS) is 11.9. The van der Waals surface area contributed by atoms with Crippen LogP contribution >= 0.6 is 11.8 Å². The molecule has 0 fully saturated rings. The van der Waals surface area contributed by atoms with E-state index in [1.54, 1.807) is 4.90 Å². The maximum atomic E-state index is 13.2. The molecule has 0 unspecified atom stereocenters. The second-order valence-corrected chi connectivity index (χ2v) is 8.72. The third-order valence-electron chi connectivity index (χ3n) is 4.65. The lowest BCUT2D eigenvalue weighted by Gasteiger charge is -2.31. The Bertz CT molecular complexity index is 775. The molecule has 2 rings (SSSR count). The van der Waals surface area contributed by atoms with Crippen molar-refractivity contribution in [3.63, 3.8) is 0 Å². The van der Waals surface area contributed by atoms with Gasteiger partial charge in [0.25, 0.3) is 0 Å². The highest BCUT2D eigenvalue weighted by Crippen LogP contribution is 2.20. The number of amides is 2. The number of hydrogen-bond donors (Lipinski definition) is 1.